The second-order valence-electron chi connectivity index (χ2n) is 8.41. The van der Waals surface area contributed by atoms with Crippen LogP contribution in [0.25, 0.3) is 0 Å². The Labute approximate surface area is 175 Å². The number of imide groups is 1. The van der Waals surface area contributed by atoms with Crippen molar-refractivity contribution in [3.05, 3.63) is 29.3 Å². The molecule has 3 aliphatic rings. The fraction of sp³-hybridized carbons (Fsp3) is 0.524. The molecule has 7 nitrogen and oxygen atoms in total. The lowest BCUT2D eigenvalue weighted by atomic mass is 9.64. The van der Waals surface area contributed by atoms with Gasteiger partial charge in [-0.1, -0.05) is 0 Å². The third-order valence-electron chi connectivity index (χ3n) is 6.59. The molecule has 3 aliphatic heterocycles. The van der Waals surface area contributed by atoms with Crippen molar-refractivity contribution < 1.29 is 37.0 Å². The van der Waals surface area contributed by atoms with E-state index in [0.717, 1.165) is 17.0 Å². The van der Waals surface area contributed by atoms with Crippen LogP contribution >= 0.6 is 0 Å². The van der Waals surface area contributed by atoms with Gasteiger partial charge in [-0.2, -0.15) is 18.4 Å². The fourth-order valence-electron chi connectivity index (χ4n) is 5.37. The zero-order valence-corrected chi connectivity index (χ0v) is 16.9. The Morgan fingerprint density at radius 3 is 2.52 bits per heavy atom. The Kier molecular flexibility index (Phi) is 4.49. The molecule has 0 saturated carbocycles. The first-order valence-corrected chi connectivity index (χ1v) is 9.75. The Morgan fingerprint density at radius 2 is 1.94 bits per heavy atom. The second-order valence-corrected chi connectivity index (χ2v) is 8.41. The number of hydrogen-bond acceptors (Lipinski definition) is 6. The van der Waals surface area contributed by atoms with Crippen molar-refractivity contribution in [2.24, 2.45) is 17.8 Å². The molecule has 164 valence electrons. The van der Waals surface area contributed by atoms with Gasteiger partial charge in [0.25, 0.3) is 0 Å². The van der Waals surface area contributed by atoms with E-state index in [1.54, 1.807) is 20.8 Å². The summed E-state index contributed by atoms with van der Waals surface area (Å²) in [4.78, 5) is 39.7. The van der Waals surface area contributed by atoms with Gasteiger partial charge < -0.3 is 9.47 Å². The minimum absolute atomic E-state index is 0.140. The molecule has 1 aromatic carbocycles. The highest BCUT2D eigenvalue weighted by Crippen LogP contribution is 2.63. The predicted molar refractivity (Wildman–Crippen MR) is 98.3 cm³/mol. The average molecular weight is 436 g/mol. The van der Waals surface area contributed by atoms with Crippen molar-refractivity contribution in [2.45, 2.75) is 44.6 Å². The lowest BCUT2D eigenvalue weighted by Gasteiger charge is -2.33. The molecule has 0 aromatic heterocycles. The Balaban J connectivity index is 1.77. The number of nitrogens with zero attached hydrogens (tertiary/aromatic N) is 2. The van der Waals surface area contributed by atoms with Crippen LogP contribution in [0.2, 0.25) is 0 Å². The van der Waals surface area contributed by atoms with Crippen LogP contribution in [0.4, 0.5) is 18.9 Å². The minimum Gasteiger partial charge on any atom is -0.466 e. The zero-order chi connectivity index (χ0) is 22.9. The van der Waals surface area contributed by atoms with Gasteiger partial charge in [0.05, 0.1) is 58.4 Å². The topological polar surface area (TPSA) is 96.7 Å². The summed E-state index contributed by atoms with van der Waals surface area (Å²) in [6.07, 6.45) is -4.67. The molecule has 0 aliphatic carbocycles. The molecule has 0 spiro atoms. The molecule has 3 saturated heterocycles. The number of anilines is 1. The van der Waals surface area contributed by atoms with Crippen molar-refractivity contribution in [3.63, 3.8) is 0 Å². The highest BCUT2D eigenvalue weighted by molar-refractivity contribution is 6.23. The molecule has 0 N–H and O–H groups in total. The highest BCUT2D eigenvalue weighted by atomic mass is 19.4. The number of carbonyl (C=O) groups excluding carboxylic acids is 3. The summed E-state index contributed by atoms with van der Waals surface area (Å²) in [6.45, 7) is 4.98. The summed E-state index contributed by atoms with van der Waals surface area (Å²) in [5.74, 6) is -4.68. The van der Waals surface area contributed by atoms with Crippen LogP contribution in [0.5, 0.6) is 0 Å². The maximum absolute atomic E-state index is 13.4. The SMILES string of the molecule is CCOC(=O)[C@@H]1CC2(C)OC1(C)[C@@H]1C(=O)N(c3ccc(C#N)c(C(F)(F)F)c3)C(=O)[C@@H]12. The van der Waals surface area contributed by atoms with E-state index >= 15 is 0 Å². The smallest absolute Gasteiger partial charge is 0.417 e. The van der Waals surface area contributed by atoms with Gasteiger partial charge in [-0.15, -0.1) is 0 Å². The summed E-state index contributed by atoms with van der Waals surface area (Å²) in [5.41, 5.74) is -4.55. The van der Waals surface area contributed by atoms with E-state index < -0.39 is 64.0 Å². The number of nitriles is 1. The number of amides is 2. The van der Waals surface area contributed by atoms with Gasteiger partial charge in [-0.05, 0) is 45.4 Å². The van der Waals surface area contributed by atoms with Gasteiger partial charge >= 0.3 is 12.1 Å². The normalized spacial score (nSPS) is 34.1. The van der Waals surface area contributed by atoms with Crippen molar-refractivity contribution in [1.82, 2.24) is 0 Å². The molecular formula is C21H19F3N2O5. The summed E-state index contributed by atoms with van der Waals surface area (Å²) in [5, 5.41) is 8.99. The van der Waals surface area contributed by atoms with Crippen LogP contribution in [0.15, 0.2) is 18.2 Å². The van der Waals surface area contributed by atoms with Crippen LogP contribution in [0, 0.1) is 29.1 Å². The number of benzene rings is 1. The summed E-state index contributed by atoms with van der Waals surface area (Å²) in [6, 6.07) is 4.17. The predicted octanol–water partition coefficient (Wildman–Crippen LogP) is 2.81. The van der Waals surface area contributed by atoms with Crippen molar-refractivity contribution >= 4 is 23.5 Å². The third kappa shape index (κ3) is 2.79. The maximum Gasteiger partial charge on any atom is 0.417 e. The Morgan fingerprint density at radius 1 is 1.29 bits per heavy atom. The van der Waals surface area contributed by atoms with Gasteiger partial charge in [0.1, 0.15) is 0 Å². The fourth-order valence-corrected chi connectivity index (χ4v) is 5.37. The molecule has 10 heteroatoms. The lowest BCUT2D eigenvalue weighted by molar-refractivity contribution is -0.156. The van der Waals surface area contributed by atoms with E-state index in [1.807, 2.05) is 0 Å². The molecule has 0 radical (unpaired) electrons. The van der Waals surface area contributed by atoms with E-state index in [9.17, 15) is 27.6 Å². The van der Waals surface area contributed by atoms with Gasteiger partial charge in [0, 0.05) is 0 Å². The molecule has 5 atom stereocenters. The number of esters is 1. The summed E-state index contributed by atoms with van der Waals surface area (Å²) >= 11 is 0. The molecule has 2 unspecified atom stereocenters. The molecule has 4 rings (SSSR count). The van der Waals surface area contributed by atoms with Gasteiger partial charge in [0.15, 0.2) is 0 Å². The van der Waals surface area contributed by atoms with Gasteiger partial charge in [-0.3, -0.25) is 14.4 Å². The number of rotatable bonds is 3. The van der Waals surface area contributed by atoms with E-state index in [2.05, 4.69) is 0 Å². The summed E-state index contributed by atoms with van der Waals surface area (Å²) in [7, 11) is 0. The van der Waals surface area contributed by atoms with Gasteiger partial charge in [-0.25, -0.2) is 4.90 Å². The highest BCUT2D eigenvalue weighted by Gasteiger charge is 2.77. The Bertz CT molecular complexity index is 1050. The van der Waals surface area contributed by atoms with Crippen molar-refractivity contribution in [1.29, 1.82) is 5.26 Å². The standard InChI is InChI=1S/C21H19F3N2O5/c1-4-30-18(29)13-8-19(2)14-15(20(13,3)31-19)17(28)26(16(14)27)11-6-5-10(9-25)12(7-11)21(22,23)24/h5-7,13-15H,4,8H2,1-3H3/t13-,14+,15-,19?,20?/m0/s1. The lowest BCUT2D eigenvalue weighted by Crippen LogP contribution is -2.49. The molecule has 1 aromatic rings. The number of carbonyl (C=O) groups is 3. The van der Waals surface area contributed by atoms with Crippen LogP contribution in [0.1, 0.15) is 38.3 Å². The number of hydrogen-bond donors (Lipinski definition) is 0. The quantitative estimate of drug-likeness (QED) is 0.534. The molecule has 3 fully saturated rings. The van der Waals surface area contributed by atoms with Crippen molar-refractivity contribution in [2.75, 3.05) is 11.5 Å². The van der Waals surface area contributed by atoms with E-state index in [1.165, 1.54) is 6.07 Å². The largest absolute Gasteiger partial charge is 0.466 e. The van der Waals surface area contributed by atoms with Crippen LogP contribution < -0.4 is 4.90 Å². The second kappa shape index (κ2) is 6.53. The van der Waals surface area contributed by atoms with Gasteiger partial charge in [0.2, 0.25) is 11.8 Å². The average Bonchev–Trinajstić information content (AvgIpc) is 3.22. The van der Waals surface area contributed by atoms with E-state index in [0.29, 0.717) is 6.07 Å². The minimum atomic E-state index is -4.84. The van der Waals surface area contributed by atoms with Crippen molar-refractivity contribution in [3.8, 4) is 6.07 Å². The number of alkyl halides is 3. The molecule has 31 heavy (non-hydrogen) atoms. The molecule has 3 heterocycles. The monoisotopic (exact) mass is 436 g/mol. The van der Waals surface area contributed by atoms with Crippen LogP contribution in [-0.4, -0.2) is 35.6 Å². The zero-order valence-electron chi connectivity index (χ0n) is 16.9. The first-order chi connectivity index (χ1) is 14.4. The third-order valence-corrected chi connectivity index (χ3v) is 6.59. The van der Waals surface area contributed by atoms with E-state index in [-0.39, 0.29) is 18.7 Å². The van der Waals surface area contributed by atoms with E-state index in [4.69, 9.17) is 14.7 Å². The molecular weight excluding hydrogens is 417 g/mol. The number of fused-ring (bicyclic) bond motifs is 5. The van der Waals surface area contributed by atoms with Crippen LogP contribution in [0.3, 0.4) is 0 Å². The van der Waals surface area contributed by atoms with Crippen LogP contribution in [-0.2, 0) is 30.0 Å². The Hall–Kier alpha value is -2.93. The first kappa shape index (κ1) is 21.3. The number of ether oxygens (including phenoxy) is 2. The summed E-state index contributed by atoms with van der Waals surface area (Å²) < 4.78 is 51.3. The number of halogens is 3. The molecule has 2 amide bonds. The maximum atomic E-state index is 13.4. The first-order valence-electron chi connectivity index (χ1n) is 9.75. The molecule has 2 bridgehead atoms.